The van der Waals surface area contributed by atoms with Gasteiger partial charge in [-0.15, -0.1) is 0 Å². The minimum atomic E-state index is 0.797. The molecule has 0 aromatic heterocycles. The number of fused-ring (bicyclic) bond motifs is 2. The lowest BCUT2D eigenvalue weighted by Crippen LogP contribution is -2.20. The highest BCUT2D eigenvalue weighted by Crippen LogP contribution is 2.28. The zero-order valence-electron chi connectivity index (χ0n) is 10.5. The fourth-order valence-corrected chi connectivity index (χ4v) is 2.44. The largest absolute Gasteiger partial charge is 0.314 e. The van der Waals surface area contributed by atoms with Gasteiger partial charge in [0.05, 0.1) is 11.4 Å². The lowest BCUT2D eigenvalue weighted by molar-refractivity contribution is 0.946. The second-order valence-corrected chi connectivity index (χ2v) is 4.55. The van der Waals surface area contributed by atoms with Gasteiger partial charge in [0.2, 0.25) is 0 Å². The van der Waals surface area contributed by atoms with E-state index in [9.17, 15) is 0 Å². The standard InChI is InChI=1S/C16H16N2/c1-17-11-16-14-8-4-2-6-12(14)10-13-7-3-5-9-15(13)18-16/h2-9,17H,10-11H2,1H3. The van der Waals surface area contributed by atoms with Gasteiger partial charge >= 0.3 is 0 Å². The van der Waals surface area contributed by atoms with Gasteiger partial charge in [0, 0.05) is 18.5 Å². The Morgan fingerprint density at radius 1 is 1.00 bits per heavy atom. The normalized spacial score (nSPS) is 13.3. The maximum absolute atomic E-state index is 4.82. The van der Waals surface area contributed by atoms with E-state index in [0.29, 0.717) is 0 Å². The Labute approximate surface area is 107 Å². The second kappa shape index (κ2) is 4.75. The number of nitrogens with one attached hydrogen (secondary N) is 1. The van der Waals surface area contributed by atoms with Crippen LogP contribution in [-0.4, -0.2) is 19.3 Å². The Bertz CT molecular complexity index is 600. The van der Waals surface area contributed by atoms with Crippen molar-refractivity contribution in [3.63, 3.8) is 0 Å². The molecule has 0 bridgehead atoms. The third-order valence-electron chi connectivity index (χ3n) is 3.30. The Hall–Kier alpha value is -1.93. The van der Waals surface area contributed by atoms with Crippen LogP contribution in [0.3, 0.4) is 0 Å². The Balaban J connectivity index is 2.19. The zero-order valence-corrected chi connectivity index (χ0v) is 10.5. The fraction of sp³-hybridized carbons (Fsp3) is 0.188. The van der Waals surface area contributed by atoms with Gasteiger partial charge < -0.3 is 5.32 Å². The molecule has 2 heteroatoms. The monoisotopic (exact) mass is 236 g/mol. The summed E-state index contributed by atoms with van der Waals surface area (Å²) in [4.78, 5) is 4.82. The molecule has 1 N–H and O–H groups in total. The van der Waals surface area contributed by atoms with Gasteiger partial charge in [0.15, 0.2) is 0 Å². The summed E-state index contributed by atoms with van der Waals surface area (Å²) in [6.07, 6.45) is 0.961. The highest BCUT2D eigenvalue weighted by atomic mass is 14.9. The van der Waals surface area contributed by atoms with Crippen LogP contribution in [-0.2, 0) is 6.42 Å². The predicted octanol–water partition coefficient (Wildman–Crippen LogP) is 2.93. The number of hydrogen-bond donors (Lipinski definition) is 1. The molecule has 0 fully saturated rings. The first kappa shape index (κ1) is 11.2. The molecule has 0 radical (unpaired) electrons. The molecule has 1 aliphatic rings. The van der Waals surface area contributed by atoms with Crippen LogP contribution < -0.4 is 5.32 Å². The Morgan fingerprint density at radius 2 is 1.72 bits per heavy atom. The van der Waals surface area contributed by atoms with Crippen LogP contribution in [0.2, 0.25) is 0 Å². The first-order valence-electron chi connectivity index (χ1n) is 6.27. The van der Waals surface area contributed by atoms with Gasteiger partial charge in [-0.3, -0.25) is 4.99 Å². The van der Waals surface area contributed by atoms with Crippen LogP contribution in [0.15, 0.2) is 53.5 Å². The quantitative estimate of drug-likeness (QED) is 0.851. The van der Waals surface area contributed by atoms with Crippen LogP contribution in [0.5, 0.6) is 0 Å². The van der Waals surface area contributed by atoms with Gasteiger partial charge in [-0.05, 0) is 24.2 Å². The summed E-state index contributed by atoms with van der Waals surface area (Å²) >= 11 is 0. The van der Waals surface area contributed by atoms with Crippen LogP contribution in [0.1, 0.15) is 16.7 Å². The lowest BCUT2D eigenvalue weighted by atomic mass is 9.98. The first-order valence-corrected chi connectivity index (χ1v) is 6.27. The zero-order chi connectivity index (χ0) is 12.4. The lowest BCUT2D eigenvalue weighted by Gasteiger charge is -2.08. The minimum absolute atomic E-state index is 0.797. The van der Waals surface area contributed by atoms with Crippen molar-refractivity contribution in [2.45, 2.75) is 6.42 Å². The molecule has 3 rings (SSSR count). The smallest absolute Gasteiger partial charge is 0.0669 e. The van der Waals surface area contributed by atoms with Crippen molar-refractivity contribution in [3.8, 4) is 0 Å². The number of aliphatic imine (C=N–C) groups is 1. The summed E-state index contributed by atoms with van der Waals surface area (Å²) < 4.78 is 0. The predicted molar refractivity (Wildman–Crippen MR) is 75.8 cm³/mol. The summed E-state index contributed by atoms with van der Waals surface area (Å²) in [6.45, 7) is 0.797. The van der Waals surface area contributed by atoms with Crippen LogP contribution >= 0.6 is 0 Å². The van der Waals surface area contributed by atoms with Crippen molar-refractivity contribution >= 4 is 11.4 Å². The molecule has 2 aromatic rings. The van der Waals surface area contributed by atoms with E-state index in [1.54, 1.807) is 0 Å². The summed E-state index contributed by atoms with van der Waals surface area (Å²) in [5.74, 6) is 0. The highest BCUT2D eigenvalue weighted by molar-refractivity contribution is 6.05. The molecule has 1 aliphatic heterocycles. The average molecular weight is 236 g/mol. The van der Waals surface area contributed by atoms with Crippen molar-refractivity contribution in [1.29, 1.82) is 0 Å². The van der Waals surface area contributed by atoms with Crippen molar-refractivity contribution in [1.82, 2.24) is 5.32 Å². The number of nitrogens with zero attached hydrogens (tertiary/aromatic N) is 1. The van der Waals surface area contributed by atoms with Crippen molar-refractivity contribution in [3.05, 3.63) is 65.2 Å². The molecule has 0 saturated heterocycles. The Morgan fingerprint density at radius 3 is 2.56 bits per heavy atom. The summed E-state index contributed by atoms with van der Waals surface area (Å²) in [5, 5.41) is 3.21. The topological polar surface area (TPSA) is 24.4 Å². The van der Waals surface area contributed by atoms with Crippen molar-refractivity contribution < 1.29 is 0 Å². The minimum Gasteiger partial charge on any atom is -0.314 e. The number of likely N-dealkylation sites (N-methyl/N-ethyl adjacent to an activating group) is 1. The molecule has 0 amide bonds. The third kappa shape index (κ3) is 1.95. The van der Waals surface area contributed by atoms with E-state index in [-0.39, 0.29) is 0 Å². The van der Waals surface area contributed by atoms with E-state index in [0.717, 1.165) is 24.4 Å². The molecule has 0 unspecified atom stereocenters. The molecule has 2 nitrogen and oxygen atoms in total. The number of rotatable bonds is 2. The maximum atomic E-state index is 4.82. The molecule has 0 atom stereocenters. The molecule has 18 heavy (non-hydrogen) atoms. The average Bonchev–Trinajstić information content (AvgIpc) is 2.56. The maximum Gasteiger partial charge on any atom is 0.0669 e. The third-order valence-corrected chi connectivity index (χ3v) is 3.30. The van der Waals surface area contributed by atoms with Crippen LogP contribution in [0, 0.1) is 0 Å². The van der Waals surface area contributed by atoms with Gasteiger partial charge in [-0.25, -0.2) is 0 Å². The van der Waals surface area contributed by atoms with E-state index in [1.165, 1.54) is 16.7 Å². The molecule has 2 aromatic carbocycles. The van der Waals surface area contributed by atoms with E-state index >= 15 is 0 Å². The fourth-order valence-electron chi connectivity index (χ4n) is 2.44. The molecule has 0 aliphatic carbocycles. The number of hydrogen-bond acceptors (Lipinski definition) is 2. The van der Waals surface area contributed by atoms with Gasteiger partial charge in [-0.2, -0.15) is 0 Å². The van der Waals surface area contributed by atoms with E-state index in [4.69, 9.17) is 4.99 Å². The number of benzene rings is 2. The first-order chi connectivity index (χ1) is 8.88. The molecular formula is C16H16N2. The van der Waals surface area contributed by atoms with E-state index in [2.05, 4.69) is 53.8 Å². The highest BCUT2D eigenvalue weighted by Gasteiger charge is 2.15. The Kier molecular flexibility index (Phi) is 2.95. The molecule has 0 spiro atoms. The van der Waals surface area contributed by atoms with Gasteiger partial charge in [-0.1, -0.05) is 42.5 Å². The van der Waals surface area contributed by atoms with E-state index < -0.39 is 0 Å². The summed E-state index contributed by atoms with van der Waals surface area (Å²) in [5.41, 5.74) is 6.15. The molecular weight excluding hydrogens is 220 g/mol. The molecule has 0 saturated carbocycles. The number of para-hydroxylation sites is 1. The van der Waals surface area contributed by atoms with Crippen molar-refractivity contribution in [2.24, 2.45) is 4.99 Å². The summed E-state index contributed by atoms with van der Waals surface area (Å²) in [7, 11) is 1.96. The summed E-state index contributed by atoms with van der Waals surface area (Å²) in [6, 6.07) is 16.9. The van der Waals surface area contributed by atoms with Crippen LogP contribution in [0.25, 0.3) is 0 Å². The second-order valence-electron chi connectivity index (χ2n) is 4.55. The van der Waals surface area contributed by atoms with Crippen LogP contribution in [0.4, 0.5) is 5.69 Å². The molecule has 90 valence electrons. The van der Waals surface area contributed by atoms with Gasteiger partial charge in [0.25, 0.3) is 0 Å². The molecule has 1 heterocycles. The van der Waals surface area contributed by atoms with Gasteiger partial charge in [0.1, 0.15) is 0 Å². The van der Waals surface area contributed by atoms with Crippen molar-refractivity contribution in [2.75, 3.05) is 13.6 Å². The SMILES string of the molecule is CNCC1=Nc2ccccc2Cc2ccccc21. The van der Waals surface area contributed by atoms with E-state index in [1.807, 2.05) is 7.05 Å².